The summed E-state index contributed by atoms with van der Waals surface area (Å²) in [5.74, 6) is 0.928. The van der Waals surface area contributed by atoms with Gasteiger partial charge in [-0.2, -0.15) is 0 Å². The predicted molar refractivity (Wildman–Crippen MR) is 51.5 cm³/mol. The summed E-state index contributed by atoms with van der Waals surface area (Å²) in [6, 6.07) is 8.12. The van der Waals surface area contributed by atoms with Gasteiger partial charge in [0.1, 0.15) is 5.75 Å². The van der Waals surface area contributed by atoms with Crippen LogP contribution in [0.5, 0.6) is 5.75 Å². The first-order valence-electron chi connectivity index (χ1n) is 4.11. The Morgan fingerprint density at radius 3 is 2.92 bits per heavy atom. The highest BCUT2D eigenvalue weighted by molar-refractivity contribution is 5.29. The Bertz CT molecular complexity index is 263. The molecule has 0 fully saturated rings. The Balaban J connectivity index is 2.72. The highest BCUT2D eigenvalue weighted by Gasteiger charge is 1.91. The van der Waals surface area contributed by atoms with Crippen LogP contribution in [-0.4, -0.2) is 7.11 Å². The van der Waals surface area contributed by atoms with Crippen LogP contribution in [0.4, 0.5) is 0 Å². The summed E-state index contributed by atoms with van der Waals surface area (Å²) in [5, 5.41) is 0. The topological polar surface area (TPSA) is 9.23 Å². The van der Waals surface area contributed by atoms with Crippen LogP contribution in [0, 0.1) is 0 Å². The van der Waals surface area contributed by atoms with E-state index < -0.39 is 0 Å². The largest absolute Gasteiger partial charge is 0.497 e. The smallest absolute Gasteiger partial charge is 0.119 e. The summed E-state index contributed by atoms with van der Waals surface area (Å²) < 4.78 is 5.11. The van der Waals surface area contributed by atoms with E-state index in [9.17, 15) is 0 Å². The number of methoxy groups -OCH3 is 1. The fourth-order valence-electron chi connectivity index (χ4n) is 1.05. The molecule has 1 nitrogen and oxygen atoms in total. The molecule has 1 heteroatoms. The van der Waals surface area contributed by atoms with E-state index in [2.05, 4.69) is 24.3 Å². The van der Waals surface area contributed by atoms with E-state index in [-0.39, 0.29) is 0 Å². The van der Waals surface area contributed by atoms with Gasteiger partial charge in [0.05, 0.1) is 7.11 Å². The van der Waals surface area contributed by atoms with Crippen LogP contribution >= 0.6 is 0 Å². The quantitative estimate of drug-likeness (QED) is 0.621. The average molecular weight is 162 g/mol. The third-order valence-electron chi connectivity index (χ3n) is 1.72. The zero-order chi connectivity index (χ0) is 8.81. The minimum atomic E-state index is 0.928. The van der Waals surface area contributed by atoms with Crippen LogP contribution in [0.1, 0.15) is 12.5 Å². The molecule has 0 heterocycles. The van der Waals surface area contributed by atoms with Crippen molar-refractivity contribution in [2.24, 2.45) is 0 Å². The van der Waals surface area contributed by atoms with Crippen molar-refractivity contribution < 1.29 is 4.74 Å². The Kier molecular flexibility index (Phi) is 3.39. The molecule has 0 aliphatic carbocycles. The molecule has 0 spiro atoms. The molecule has 1 aromatic rings. The third kappa shape index (κ3) is 2.42. The van der Waals surface area contributed by atoms with Gasteiger partial charge in [-0.3, -0.25) is 0 Å². The maximum atomic E-state index is 5.11. The van der Waals surface area contributed by atoms with Gasteiger partial charge in [-0.1, -0.05) is 24.3 Å². The molecule has 1 rings (SSSR count). The maximum absolute atomic E-state index is 5.11. The van der Waals surface area contributed by atoms with E-state index in [4.69, 9.17) is 4.74 Å². The van der Waals surface area contributed by atoms with Crippen LogP contribution in [0.2, 0.25) is 0 Å². The molecule has 0 aromatic heterocycles. The molecule has 1 aromatic carbocycles. The summed E-state index contributed by atoms with van der Waals surface area (Å²) in [6.45, 7) is 2.03. The van der Waals surface area contributed by atoms with Gasteiger partial charge < -0.3 is 4.74 Å². The molecule has 0 saturated heterocycles. The second-order valence-corrected chi connectivity index (χ2v) is 2.62. The van der Waals surface area contributed by atoms with Gasteiger partial charge in [0.25, 0.3) is 0 Å². The minimum Gasteiger partial charge on any atom is -0.497 e. The fourth-order valence-corrected chi connectivity index (χ4v) is 1.05. The molecule has 0 amide bonds. The molecule has 12 heavy (non-hydrogen) atoms. The van der Waals surface area contributed by atoms with Gasteiger partial charge in [0.2, 0.25) is 0 Å². The Hall–Kier alpha value is -1.24. The van der Waals surface area contributed by atoms with Crippen LogP contribution in [0.3, 0.4) is 0 Å². The van der Waals surface area contributed by atoms with Crippen LogP contribution < -0.4 is 4.74 Å². The first-order chi connectivity index (χ1) is 5.86. The molecule has 0 unspecified atom stereocenters. The van der Waals surface area contributed by atoms with Gasteiger partial charge in [-0.15, -0.1) is 0 Å². The lowest BCUT2D eigenvalue weighted by atomic mass is 10.1. The molecule has 0 atom stereocenters. The molecule has 0 saturated carbocycles. The molecular weight excluding hydrogens is 148 g/mol. The number of rotatable bonds is 3. The lowest BCUT2D eigenvalue weighted by Gasteiger charge is -2.00. The summed E-state index contributed by atoms with van der Waals surface area (Å²) in [6.07, 6.45) is 5.17. The molecule has 0 aliphatic rings. The summed E-state index contributed by atoms with van der Waals surface area (Å²) >= 11 is 0. The molecule has 0 radical (unpaired) electrons. The lowest BCUT2D eigenvalue weighted by Crippen LogP contribution is -1.85. The number of benzene rings is 1. The number of allylic oxidation sites excluding steroid dienone is 2. The summed E-state index contributed by atoms with van der Waals surface area (Å²) in [4.78, 5) is 0. The van der Waals surface area contributed by atoms with Crippen molar-refractivity contribution in [2.75, 3.05) is 7.11 Å². The minimum absolute atomic E-state index is 0.928. The molecule has 0 N–H and O–H groups in total. The van der Waals surface area contributed by atoms with Gasteiger partial charge in [0.15, 0.2) is 0 Å². The van der Waals surface area contributed by atoms with E-state index in [1.165, 1.54) is 5.56 Å². The first kappa shape index (κ1) is 8.85. The second-order valence-electron chi connectivity index (χ2n) is 2.62. The Morgan fingerprint density at radius 2 is 2.25 bits per heavy atom. The highest BCUT2D eigenvalue weighted by Crippen LogP contribution is 2.12. The summed E-state index contributed by atoms with van der Waals surface area (Å²) in [5.41, 5.74) is 1.28. The van der Waals surface area contributed by atoms with E-state index in [0.29, 0.717) is 0 Å². The Labute approximate surface area is 73.7 Å². The molecule has 0 bridgehead atoms. The van der Waals surface area contributed by atoms with Crippen LogP contribution in [0.15, 0.2) is 36.4 Å². The van der Waals surface area contributed by atoms with Crippen molar-refractivity contribution in [1.29, 1.82) is 0 Å². The first-order valence-corrected chi connectivity index (χ1v) is 4.11. The highest BCUT2D eigenvalue weighted by atomic mass is 16.5. The number of ether oxygens (including phenoxy) is 1. The zero-order valence-electron chi connectivity index (χ0n) is 7.58. The van der Waals surface area contributed by atoms with Crippen molar-refractivity contribution in [3.05, 3.63) is 42.0 Å². The van der Waals surface area contributed by atoms with Crippen molar-refractivity contribution in [3.8, 4) is 5.75 Å². The standard InChI is InChI=1S/C11H14O/c1-3-4-6-10-7-5-8-11(9-10)12-2/h3-5,7-9H,6H2,1-2H3. The van der Waals surface area contributed by atoms with E-state index >= 15 is 0 Å². The second kappa shape index (κ2) is 4.60. The average Bonchev–Trinajstić information content (AvgIpc) is 2.15. The molecule has 64 valence electrons. The third-order valence-corrected chi connectivity index (χ3v) is 1.72. The van der Waals surface area contributed by atoms with Gasteiger partial charge in [-0.25, -0.2) is 0 Å². The van der Waals surface area contributed by atoms with Crippen LogP contribution in [-0.2, 0) is 6.42 Å². The Morgan fingerprint density at radius 1 is 1.42 bits per heavy atom. The monoisotopic (exact) mass is 162 g/mol. The van der Waals surface area contributed by atoms with E-state index in [1.807, 2.05) is 19.1 Å². The fraction of sp³-hybridized carbons (Fsp3) is 0.273. The normalized spacial score (nSPS) is 10.5. The van der Waals surface area contributed by atoms with Crippen molar-refractivity contribution in [1.82, 2.24) is 0 Å². The van der Waals surface area contributed by atoms with Crippen molar-refractivity contribution in [3.63, 3.8) is 0 Å². The van der Waals surface area contributed by atoms with Gasteiger partial charge >= 0.3 is 0 Å². The maximum Gasteiger partial charge on any atom is 0.119 e. The molecule has 0 aliphatic heterocycles. The molecular formula is C11H14O. The van der Waals surface area contributed by atoms with Crippen molar-refractivity contribution >= 4 is 0 Å². The number of hydrogen-bond donors (Lipinski definition) is 0. The SMILES string of the molecule is CC=CCc1cccc(OC)c1. The van der Waals surface area contributed by atoms with Crippen LogP contribution in [0.25, 0.3) is 0 Å². The van der Waals surface area contributed by atoms with E-state index in [1.54, 1.807) is 7.11 Å². The zero-order valence-corrected chi connectivity index (χ0v) is 7.58. The predicted octanol–water partition coefficient (Wildman–Crippen LogP) is 2.81. The lowest BCUT2D eigenvalue weighted by molar-refractivity contribution is 0.414. The summed E-state index contributed by atoms with van der Waals surface area (Å²) in [7, 11) is 1.69. The van der Waals surface area contributed by atoms with Gasteiger partial charge in [0, 0.05) is 0 Å². The van der Waals surface area contributed by atoms with Gasteiger partial charge in [-0.05, 0) is 31.0 Å². The van der Waals surface area contributed by atoms with E-state index in [0.717, 1.165) is 12.2 Å². The number of hydrogen-bond acceptors (Lipinski definition) is 1. The van der Waals surface area contributed by atoms with Crippen molar-refractivity contribution in [2.45, 2.75) is 13.3 Å².